The lowest BCUT2D eigenvalue weighted by molar-refractivity contribution is -0.136. The maximum atomic E-state index is 13.2. The number of imidazole rings is 1. The molecule has 0 saturated carbocycles. The van der Waals surface area contributed by atoms with E-state index in [1.165, 1.54) is 18.2 Å². The summed E-state index contributed by atoms with van der Waals surface area (Å²) in [6.45, 7) is 1.91. The third kappa shape index (κ3) is 3.23. The molecule has 0 aliphatic heterocycles. The molecule has 3 rings (SSSR count). The van der Waals surface area contributed by atoms with E-state index in [0.717, 1.165) is 5.56 Å². The van der Waals surface area contributed by atoms with Gasteiger partial charge in [-0.15, -0.1) is 10.2 Å². The van der Waals surface area contributed by atoms with Crippen LogP contribution in [-0.4, -0.2) is 20.5 Å². The van der Waals surface area contributed by atoms with E-state index in [1.54, 1.807) is 22.7 Å². The first-order valence-electron chi connectivity index (χ1n) is 6.89. The van der Waals surface area contributed by atoms with Gasteiger partial charge in [0.15, 0.2) is 5.82 Å². The van der Waals surface area contributed by atoms with Gasteiger partial charge in [-0.2, -0.15) is 0 Å². The number of aliphatic carboxylic acids is 1. The fourth-order valence-corrected chi connectivity index (χ4v) is 2.20. The van der Waals surface area contributed by atoms with Crippen LogP contribution in [0.15, 0.2) is 52.8 Å². The van der Waals surface area contributed by atoms with Gasteiger partial charge in [-0.1, -0.05) is 12.1 Å². The van der Waals surface area contributed by atoms with E-state index < -0.39 is 11.8 Å². The molecule has 2 heterocycles. The highest BCUT2D eigenvalue weighted by Gasteiger charge is 2.15. The number of carboxylic acid groups (broad SMARTS) is 1. The number of hydrogen-bond donors (Lipinski definition) is 1. The van der Waals surface area contributed by atoms with E-state index in [0.29, 0.717) is 22.8 Å². The first-order valence-corrected chi connectivity index (χ1v) is 6.89. The molecule has 1 N–H and O–H groups in total. The van der Waals surface area contributed by atoms with Gasteiger partial charge in [-0.3, -0.25) is 9.20 Å². The van der Waals surface area contributed by atoms with E-state index in [9.17, 15) is 9.18 Å². The number of carbonyl (C=O) groups is 1. The van der Waals surface area contributed by atoms with Crippen LogP contribution in [0, 0.1) is 12.7 Å². The van der Waals surface area contributed by atoms with Crippen LogP contribution in [-0.2, 0) is 11.2 Å². The number of rotatable bonds is 4. The standard InChI is InChI=1S/C16H13FN4O2/c1-10-5-6-14-18-13(8-15(22)23)16(21(14)9-10)20-19-12-4-2-3-11(17)7-12/h2-7,9H,8H2,1H3,(H,22,23). The molecule has 0 amide bonds. The van der Waals surface area contributed by atoms with Gasteiger partial charge in [0.05, 0.1) is 17.8 Å². The Morgan fingerprint density at radius 3 is 2.87 bits per heavy atom. The molecule has 0 atom stereocenters. The number of halogens is 1. The lowest BCUT2D eigenvalue weighted by atomic mass is 10.3. The quantitative estimate of drug-likeness (QED) is 0.744. The molecule has 0 radical (unpaired) electrons. The fraction of sp³-hybridized carbons (Fsp3) is 0.125. The summed E-state index contributed by atoms with van der Waals surface area (Å²) in [4.78, 5) is 15.3. The molecule has 0 saturated heterocycles. The summed E-state index contributed by atoms with van der Waals surface area (Å²) in [5.74, 6) is -1.09. The van der Waals surface area contributed by atoms with Gasteiger partial charge in [-0.25, -0.2) is 9.37 Å². The highest BCUT2D eigenvalue weighted by atomic mass is 19.1. The zero-order chi connectivity index (χ0) is 16.4. The van der Waals surface area contributed by atoms with Crippen molar-refractivity contribution in [3.63, 3.8) is 0 Å². The van der Waals surface area contributed by atoms with E-state index >= 15 is 0 Å². The predicted octanol–water partition coefficient (Wildman–Crippen LogP) is 3.82. The molecule has 0 spiro atoms. The maximum absolute atomic E-state index is 13.2. The molecular formula is C16H13FN4O2. The minimum Gasteiger partial charge on any atom is -0.481 e. The number of aromatic nitrogens is 2. The molecule has 116 valence electrons. The number of hydrogen-bond acceptors (Lipinski definition) is 4. The van der Waals surface area contributed by atoms with Crippen molar-refractivity contribution in [3.05, 3.63) is 59.7 Å². The molecule has 6 nitrogen and oxygen atoms in total. The van der Waals surface area contributed by atoms with Crippen LogP contribution >= 0.6 is 0 Å². The molecule has 2 aromatic heterocycles. The van der Waals surface area contributed by atoms with Crippen molar-refractivity contribution in [1.29, 1.82) is 0 Å². The van der Waals surface area contributed by atoms with Gasteiger partial charge in [0.25, 0.3) is 0 Å². The van der Waals surface area contributed by atoms with Crippen LogP contribution in [0.2, 0.25) is 0 Å². The number of carboxylic acids is 1. The Morgan fingerprint density at radius 2 is 2.13 bits per heavy atom. The van der Waals surface area contributed by atoms with Crippen LogP contribution in [0.4, 0.5) is 15.9 Å². The topological polar surface area (TPSA) is 79.3 Å². The number of fused-ring (bicyclic) bond motifs is 1. The van der Waals surface area contributed by atoms with Gasteiger partial charge in [0, 0.05) is 12.3 Å². The van der Waals surface area contributed by atoms with Crippen LogP contribution in [0.25, 0.3) is 5.65 Å². The van der Waals surface area contributed by atoms with Crippen molar-refractivity contribution in [1.82, 2.24) is 9.38 Å². The molecule has 0 bridgehead atoms. The highest BCUT2D eigenvalue weighted by molar-refractivity contribution is 5.72. The van der Waals surface area contributed by atoms with Gasteiger partial charge in [0.2, 0.25) is 0 Å². The number of benzene rings is 1. The molecule has 7 heteroatoms. The average Bonchev–Trinajstić information content (AvgIpc) is 2.81. The number of azo groups is 1. The van der Waals surface area contributed by atoms with Crippen molar-refractivity contribution in [2.45, 2.75) is 13.3 Å². The normalized spacial score (nSPS) is 11.4. The Bertz CT molecular complexity index is 918. The Labute approximate surface area is 130 Å². The Hall–Kier alpha value is -3.09. The summed E-state index contributed by atoms with van der Waals surface area (Å²) >= 11 is 0. The van der Waals surface area contributed by atoms with E-state index in [4.69, 9.17) is 5.11 Å². The van der Waals surface area contributed by atoms with Crippen LogP contribution in [0.3, 0.4) is 0 Å². The summed E-state index contributed by atoms with van der Waals surface area (Å²) in [6, 6.07) is 9.35. The summed E-state index contributed by atoms with van der Waals surface area (Å²) < 4.78 is 14.9. The molecule has 0 aliphatic carbocycles. The number of pyridine rings is 1. The van der Waals surface area contributed by atoms with E-state index in [-0.39, 0.29) is 6.42 Å². The third-order valence-electron chi connectivity index (χ3n) is 3.20. The largest absolute Gasteiger partial charge is 0.481 e. The first-order chi connectivity index (χ1) is 11.0. The maximum Gasteiger partial charge on any atom is 0.309 e. The summed E-state index contributed by atoms with van der Waals surface area (Å²) in [5.41, 5.74) is 2.20. The lowest BCUT2D eigenvalue weighted by Crippen LogP contribution is -2.00. The van der Waals surface area contributed by atoms with Gasteiger partial charge in [-0.05, 0) is 30.7 Å². The molecule has 0 unspecified atom stereocenters. The molecule has 0 fully saturated rings. The zero-order valence-corrected chi connectivity index (χ0v) is 12.3. The molecule has 3 aromatic rings. The zero-order valence-electron chi connectivity index (χ0n) is 12.3. The Kier molecular flexibility index (Phi) is 3.84. The number of aryl methyl sites for hydroxylation is 1. The Balaban J connectivity index is 2.09. The number of nitrogens with zero attached hydrogens (tertiary/aromatic N) is 4. The summed E-state index contributed by atoms with van der Waals surface area (Å²) in [7, 11) is 0. The summed E-state index contributed by atoms with van der Waals surface area (Å²) in [6.07, 6.45) is 1.53. The van der Waals surface area contributed by atoms with Crippen molar-refractivity contribution in [2.75, 3.05) is 0 Å². The van der Waals surface area contributed by atoms with Crippen LogP contribution in [0.1, 0.15) is 11.3 Å². The molecule has 23 heavy (non-hydrogen) atoms. The van der Waals surface area contributed by atoms with Crippen molar-refractivity contribution < 1.29 is 14.3 Å². The SMILES string of the molecule is Cc1ccc2nc(CC(=O)O)c(N=Nc3cccc(F)c3)n2c1. The molecule has 1 aromatic carbocycles. The first kappa shape index (κ1) is 14.8. The smallest absolute Gasteiger partial charge is 0.309 e. The van der Waals surface area contributed by atoms with E-state index in [2.05, 4.69) is 15.2 Å². The second-order valence-electron chi connectivity index (χ2n) is 5.07. The van der Waals surface area contributed by atoms with Crippen molar-refractivity contribution in [2.24, 2.45) is 10.2 Å². The third-order valence-corrected chi connectivity index (χ3v) is 3.20. The average molecular weight is 312 g/mol. The second kappa shape index (κ2) is 5.96. The second-order valence-corrected chi connectivity index (χ2v) is 5.07. The highest BCUT2D eigenvalue weighted by Crippen LogP contribution is 2.25. The summed E-state index contributed by atoms with van der Waals surface area (Å²) in [5, 5.41) is 17.1. The monoisotopic (exact) mass is 312 g/mol. The van der Waals surface area contributed by atoms with Gasteiger partial charge in [0.1, 0.15) is 11.5 Å². The predicted molar refractivity (Wildman–Crippen MR) is 81.8 cm³/mol. The lowest BCUT2D eigenvalue weighted by Gasteiger charge is -1.99. The van der Waals surface area contributed by atoms with Gasteiger partial charge >= 0.3 is 5.97 Å². The molecule has 0 aliphatic rings. The van der Waals surface area contributed by atoms with Crippen LogP contribution in [0.5, 0.6) is 0 Å². The van der Waals surface area contributed by atoms with Gasteiger partial charge < -0.3 is 5.11 Å². The fourth-order valence-electron chi connectivity index (χ4n) is 2.20. The minimum atomic E-state index is -1.01. The Morgan fingerprint density at radius 1 is 1.30 bits per heavy atom. The molecular weight excluding hydrogens is 299 g/mol. The van der Waals surface area contributed by atoms with Crippen molar-refractivity contribution in [3.8, 4) is 0 Å². The minimum absolute atomic E-state index is 0.266. The van der Waals surface area contributed by atoms with E-state index in [1.807, 2.05) is 13.0 Å². The van der Waals surface area contributed by atoms with Crippen molar-refractivity contribution >= 4 is 23.1 Å². The van der Waals surface area contributed by atoms with Crippen LogP contribution < -0.4 is 0 Å².